The molecule has 3 aromatic heterocycles. The Morgan fingerprint density at radius 1 is 1.32 bits per heavy atom. The topological polar surface area (TPSA) is 87.2 Å². The number of piperidine rings is 1. The highest BCUT2D eigenvalue weighted by molar-refractivity contribution is 5.90. The lowest BCUT2D eigenvalue weighted by atomic mass is 10.1. The lowest BCUT2D eigenvalue weighted by Crippen LogP contribution is -2.43. The molecule has 0 N–H and O–H groups in total. The van der Waals surface area contributed by atoms with E-state index in [1.165, 1.54) is 0 Å². The maximum Gasteiger partial charge on any atom is 0.330 e. The third-order valence-electron chi connectivity index (χ3n) is 5.30. The van der Waals surface area contributed by atoms with Gasteiger partial charge in [0.25, 0.3) is 5.91 Å². The highest BCUT2D eigenvalue weighted by Crippen LogP contribution is 2.25. The molecule has 0 aromatic carbocycles. The van der Waals surface area contributed by atoms with Crippen molar-refractivity contribution in [2.45, 2.75) is 25.4 Å². The van der Waals surface area contributed by atoms with E-state index < -0.39 is 0 Å². The summed E-state index contributed by atoms with van der Waals surface area (Å²) in [4.78, 5) is 36.4. The lowest BCUT2D eigenvalue weighted by Gasteiger charge is -2.32. The van der Waals surface area contributed by atoms with E-state index in [1.807, 2.05) is 12.1 Å². The van der Waals surface area contributed by atoms with E-state index in [0.29, 0.717) is 37.7 Å². The largest absolute Gasteiger partial charge is 0.383 e. The fourth-order valence-electron chi connectivity index (χ4n) is 3.90. The van der Waals surface area contributed by atoms with Gasteiger partial charge in [0, 0.05) is 45.8 Å². The molecule has 9 heteroatoms. The maximum atomic E-state index is 13.2. The van der Waals surface area contributed by atoms with Crippen molar-refractivity contribution in [3.63, 3.8) is 0 Å². The van der Waals surface area contributed by atoms with Crippen LogP contribution in [0, 0.1) is 0 Å². The van der Waals surface area contributed by atoms with E-state index in [0.717, 1.165) is 18.4 Å². The molecule has 148 valence electrons. The zero-order valence-electron chi connectivity index (χ0n) is 16.1. The molecule has 0 spiro atoms. The van der Waals surface area contributed by atoms with Crippen LogP contribution in [-0.2, 0) is 18.3 Å². The zero-order chi connectivity index (χ0) is 19.7. The van der Waals surface area contributed by atoms with Crippen LogP contribution >= 0.6 is 0 Å². The Morgan fingerprint density at radius 2 is 2.18 bits per heavy atom. The van der Waals surface area contributed by atoms with Gasteiger partial charge >= 0.3 is 5.69 Å². The number of pyridine rings is 1. The van der Waals surface area contributed by atoms with Gasteiger partial charge in [0.05, 0.1) is 24.7 Å². The SMILES string of the molecule is COCCn1c(=O)n([C@H]2CCCN(C(=O)c3nccn3C)C2)c2ncccc21. The number of hydrogen-bond donors (Lipinski definition) is 0. The molecular formula is C19H24N6O3. The number of nitrogens with zero attached hydrogens (tertiary/aromatic N) is 6. The first-order valence-corrected chi connectivity index (χ1v) is 9.43. The molecule has 1 aliphatic heterocycles. The third-order valence-corrected chi connectivity index (χ3v) is 5.30. The Labute approximate surface area is 162 Å². The van der Waals surface area contributed by atoms with Gasteiger partial charge in [-0.25, -0.2) is 14.8 Å². The van der Waals surface area contributed by atoms with Gasteiger partial charge in [0.1, 0.15) is 0 Å². The van der Waals surface area contributed by atoms with Crippen LogP contribution in [0.15, 0.2) is 35.5 Å². The molecule has 0 aliphatic carbocycles. The van der Waals surface area contributed by atoms with E-state index in [1.54, 1.807) is 51.3 Å². The van der Waals surface area contributed by atoms with E-state index >= 15 is 0 Å². The van der Waals surface area contributed by atoms with Crippen molar-refractivity contribution in [1.82, 2.24) is 28.6 Å². The molecule has 1 saturated heterocycles. The van der Waals surface area contributed by atoms with Crippen LogP contribution in [0.5, 0.6) is 0 Å². The van der Waals surface area contributed by atoms with Crippen LogP contribution in [0.3, 0.4) is 0 Å². The van der Waals surface area contributed by atoms with Gasteiger partial charge in [-0.05, 0) is 25.0 Å². The first-order chi connectivity index (χ1) is 13.6. The molecular weight excluding hydrogens is 360 g/mol. The smallest absolute Gasteiger partial charge is 0.330 e. The molecule has 1 fully saturated rings. The molecule has 28 heavy (non-hydrogen) atoms. The summed E-state index contributed by atoms with van der Waals surface area (Å²) in [6.07, 6.45) is 6.71. The number of carbonyl (C=O) groups excluding carboxylic acids is 1. The number of carbonyl (C=O) groups is 1. The summed E-state index contributed by atoms with van der Waals surface area (Å²) >= 11 is 0. The first-order valence-electron chi connectivity index (χ1n) is 9.43. The zero-order valence-corrected chi connectivity index (χ0v) is 16.1. The Hall–Kier alpha value is -2.94. The molecule has 4 rings (SSSR count). The van der Waals surface area contributed by atoms with Crippen LogP contribution in [0.25, 0.3) is 11.2 Å². The van der Waals surface area contributed by atoms with Gasteiger partial charge in [-0.2, -0.15) is 0 Å². The molecule has 1 aliphatic rings. The Balaban J connectivity index is 1.68. The minimum absolute atomic E-state index is 0.109. The number of aromatic nitrogens is 5. The molecule has 0 unspecified atom stereocenters. The number of imidazole rings is 2. The van der Waals surface area contributed by atoms with Crippen LogP contribution in [-0.4, -0.2) is 61.3 Å². The normalized spacial score (nSPS) is 17.4. The average Bonchev–Trinajstić information content (AvgIpc) is 3.26. The number of aryl methyl sites for hydroxylation is 1. The summed E-state index contributed by atoms with van der Waals surface area (Å²) in [6, 6.07) is 3.61. The Bertz CT molecular complexity index is 1050. The summed E-state index contributed by atoms with van der Waals surface area (Å²) in [5.41, 5.74) is 1.33. The number of ether oxygens (including phenoxy) is 1. The second-order valence-corrected chi connectivity index (χ2v) is 7.05. The molecule has 3 aromatic rings. The predicted molar refractivity (Wildman–Crippen MR) is 103 cm³/mol. The first kappa shape index (κ1) is 18.4. The van der Waals surface area contributed by atoms with Crippen molar-refractivity contribution < 1.29 is 9.53 Å². The van der Waals surface area contributed by atoms with Crippen molar-refractivity contribution in [2.24, 2.45) is 7.05 Å². The molecule has 1 atom stereocenters. The summed E-state index contributed by atoms with van der Waals surface area (Å²) in [6.45, 7) is 2.04. The molecule has 0 saturated carbocycles. The number of rotatable bonds is 5. The van der Waals surface area contributed by atoms with Crippen molar-refractivity contribution in [2.75, 3.05) is 26.8 Å². The van der Waals surface area contributed by atoms with E-state index in [-0.39, 0.29) is 17.6 Å². The van der Waals surface area contributed by atoms with Crippen LogP contribution in [0.2, 0.25) is 0 Å². The molecule has 4 heterocycles. The standard InChI is InChI=1S/C19H24N6O3/c1-22-10-8-21-17(22)18(26)23-9-4-5-14(13-23)25-16-15(6-3-7-20-16)24(19(25)27)11-12-28-2/h3,6-8,10,14H,4-5,9,11-13H2,1-2H3/t14-/m0/s1. The highest BCUT2D eigenvalue weighted by atomic mass is 16.5. The number of amides is 1. The van der Waals surface area contributed by atoms with Crippen molar-refractivity contribution >= 4 is 17.1 Å². The van der Waals surface area contributed by atoms with E-state index in [9.17, 15) is 9.59 Å². The summed E-state index contributed by atoms with van der Waals surface area (Å²) < 4.78 is 10.3. The lowest BCUT2D eigenvalue weighted by molar-refractivity contribution is 0.0663. The van der Waals surface area contributed by atoms with Crippen molar-refractivity contribution in [1.29, 1.82) is 0 Å². The van der Waals surface area contributed by atoms with Gasteiger partial charge in [-0.1, -0.05) is 0 Å². The van der Waals surface area contributed by atoms with Gasteiger partial charge in [0.15, 0.2) is 11.5 Å². The second-order valence-electron chi connectivity index (χ2n) is 7.05. The van der Waals surface area contributed by atoms with Crippen molar-refractivity contribution in [3.8, 4) is 0 Å². The molecule has 1 amide bonds. The second kappa shape index (κ2) is 7.59. The number of methoxy groups -OCH3 is 1. The quantitative estimate of drug-likeness (QED) is 0.656. The fourth-order valence-corrected chi connectivity index (χ4v) is 3.90. The van der Waals surface area contributed by atoms with Gasteiger partial charge < -0.3 is 14.2 Å². The fraction of sp³-hybridized carbons (Fsp3) is 0.474. The predicted octanol–water partition coefficient (Wildman–Crippen LogP) is 1.06. The molecule has 0 bridgehead atoms. The minimum Gasteiger partial charge on any atom is -0.383 e. The van der Waals surface area contributed by atoms with Gasteiger partial charge in [0.2, 0.25) is 0 Å². The monoisotopic (exact) mass is 384 g/mol. The Morgan fingerprint density at radius 3 is 2.93 bits per heavy atom. The van der Waals surface area contributed by atoms with E-state index in [2.05, 4.69) is 9.97 Å². The average molecular weight is 384 g/mol. The summed E-state index contributed by atoms with van der Waals surface area (Å²) in [5.74, 6) is 0.301. The molecule has 9 nitrogen and oxygen atoms in total. The van der Waals surface area contributed by atoms with Crippen LogP contribution < -0.4 is 5.69 Å². The maximum absolute atomic E-state index is 13.2. The van der Waals surface area contributed by atoms with Crippen molar-refractivity contribution in [3.05, 3.63) is 47.0 Å². The van der Waals surface area contributed by atoms with Gasteiger partial charge in [-0.3, -0.25) is 13.9 Å². The van der Waals surface area contributed by atoms with E-state index in [4.69, 9.17) is 4.74 Å². The summed E-state index contributed by atoms with van der Waals surface area (Å²) in [5, 5.41) is 0. The van der Waals surface area contributed by atoms with Crippen LogP contribution in [0.1, 0.15) is 29.5 Å². The Kier molecular flexibility index (Phi) is 4.99. The summed E-state index contributed by atoms with van der Waals surface area (Å²) in [7, 11) is 3.42. The third kappa shape index (κ3) is 3.11. The minimum atomic E-state index is -0.119. The van der Waals surface area contributed by atoms with Crippen LogP contribution in [0.4, 0.5) is 0 Å². The number of likely N-dealkylation sites (tertiary alicyclic amines) is 1. The number of fused-ring (bicyclic) bond motifs is 1. The molecule has 0 radical (unpaired) electrons. The highest BCUT2D eigenvalue weighted by Gasteiger charge is 2.30. The number of hydrogen-bond acceptors (Lipinski definition) is 5. The van der Waals surface area contributed by atoms with Gasteiger partial charge in [-0.15, -0.1) is 0 Å².